The number of fused-ring (bicyclic) bond motifs is 1. The molecular weight excluding hydrogens is 222 g/mol. The molecule has 2 saturated heterocycles. The normalized spacial score (nSPS) is 46.7. The summed E-state index contributed by atoms with van der Waals surface area (Å²) >= 11 is 0. The Morgan fingerprint density at radius 2 is 2.29 bits per heavy atom. The Bertz CT molecular complexity index is 455. The number of rotatable bonds is 2. The Kier molecular flexibility index (Phi) is 1.54. The summed E-state index contributed by atoms with van der Waals surface area (Å²) in [5.74, 6) is -2.14. The third-order valence-electron chi connectivity index (χ3n) is 4.40. The fourth-order valence-electron chi connectivity index (χ4n) is 3.51. The summed E-state index contributed by atoms with van der Waals surface area (Å²) in [4.78, 5) is 25.4. The largest absolute Gasteiger partial charge is 0.481 e. The van der Waals surface area contributed by atoms with E-state index in [1.165, 1.54) is 0 Å². The molecular formula is C12H13NO4. The molecule has 1 amide bonds. The van der Waals surface area contributed by atoms with Gasteiger partial charge in [0.1, 0.15) is 11.5 Å². The number of ether oxygens (including phenoxy) is 1. The number of hydrogen-bond acceptors (Lipinski definition) is 3. The highest BCUT2D eigenvalue weighted by molar-refractivity contribution is 5.91. The van der Waals surface area contributed by atoms with Crippen LogP contribution in [0.2, 0.25) is 0 Å². The molecule has 0 aromatic carbocycles. The zero-order valence-electron chi connectivity index (χ0n) is 9.20. The van der Waals surface area contributed by atoms with Crippen LogP contribution in [0.15, 0.2) is 12.2 Å². The van der Waals surface area contributed by atoms with Crippen molar-refractivity contribution < 1.29 is 19.4 Å². The fraction of sp³-hybridized carbons (Fsp3) is 0.667. The second-order valence-corrected chi connectivity index (χ2v) is 5.44. The number of hydrogen-bond donors (Lipinski definition) is 1. The monoisotopic (exact) mass is 235 g/mol. The van der Waals surface area contributed by atoms with Crippen molar-refractivity contribution >= 4 is 11.9 Å². The molecule has 5 heteroatoms. The van der Waals surface area contributed by atoms with Gasteiger partial charge in [0.2, 0.25) is 5.91 Å². The summed E-state index contributed by atoms with van der Waals surface area (Å²) in [6, 6.07) is 0.327. The molecule has 17 heavy (non-hydrogen) atoms. The standard InChI is InChI=1S/C12H13NO4/c14-10-9-8(11(15)16)7-3-4-12(9,17-7)5-13(10)6-1-2-6/h3-4,6-9H,1-2,5H2,(H,15,16)/t7-,8+,9+,12+/m1/s1. The summed E-state index contributed by atoms with van der Waals surface area (Å²) in [7, 11) is 0. The minimum absolute atomic E-state index is 0.0215. The van der Waals surface area contributed by atoms with Crippen molar-refractivity contribution in [3.63, 3.8) is 0 Å². The van der Waals surface area contributed by atoms with Gasteiger partial charge < -0.3 is 14.7 Å². The highest BCUT2D eigenvalue weighted by Gasteiger charge is 2.68. The van der Waals surface area contributed by atoms with Crippen LogP contribution >= 0.6 is 0 Å². The van der Waals surface area contributed by atoms with Gasteiger partial charge in [-0.2, -0.15) is 0 Å². The maximum Gasteiger partial charge on any atom is 0.310 e. The molecule has 2 bridgehead atoms. The van der Waals surface area contributed by atoms with Gasteiger partial charge in [-0.1, -0.05) is 12.2 Å². The van der Waals surface area contributed by atoms with Crippen LogP contribution in [0.3, 0.4) is 0 Å². The minimum atomic E-state index is -0.919. The first kappa shape index (κ1) is 9.65. The third kappa shape index (κ3) is 1.03. The van der Waals surface area contributed by atoms with Crippen LogP contribution in [0, 0.1) is 11.8 Å². The van der Waals surface area contributed by atoms with E-state index in [-0.39, 0.29) is 5.91 Å². The summed E-state index contributed by atoms with van der Waals surface area (Å²) < 4.78 is 5.78. The molecule has 3 aliphatic heterocycles. The number of carbonyl (C=O) groups is 2. The molecule has 1 saturated carbocycles. The van der Waals surface area contributed by atoms with E-state index < -0.39 is 29.5 Å². The fourth-order valence-corrected chi connectivity index (χ4v) is 3.51. The molecule has 0 aromatic rings. The van der Waals surface area contributed by atoms with Gasteiger partial charge in [-0.3, -0.25) is 9.59 Å². The van der Waals surface area contributed by atoms with E-state index in [9.17, 15) is 14.7 Å². The van der Waals surface area contributed by atoms with Gasteiger partial charge >= 0.3 is 5.97 Å². The summed E-state index contributed by atoms with van der Waals surface area (Å²) in [5.41, 5.74) is -0.645. The van der Waals surface area contributed by atoms with E-state index in [4.69, 9.17) is 4.74 Å². The molecule has 3 heterocycles. The molecule has 1 N–H and O–H groups in total. The lowest BCUT2D eigenvalue weighted by Crippen LogP contribution is -2.39. The smallest absolute Gasteiger partial charge is 0.310 e. The minimum Gasteiger partial charge on any atom is -0.481 e. The van der Waals surface area contributed by atoms with Gasteiger partial charge in [0.15, 0.2) is 0 Å². The number of nitrogens with zero attached hydrogens (tertiary/aromatic N) is 1. The van der Waals surface area contributed by atoms with Gasteiger partial charge in [-0.25, -0.2) is 0 Å². The molecule has 4 atom stereocenters. The first-order chi connectivity index (χ1) is 8.12. The van der Waals surface area contributed by atoms with Crippen molar-refractivity contribution in [2.75, 3.05) is 6.54 Å². The highest BCUT2D eigenvalue weighted by atomic mass is 16.5. The lowest BCUT2D eigenvalue weighted by molar-refractivity contribution is -0.148. The average molecular weight is 235 g/mol. The van der Waals surface area contributed by atoms with E-state index in [0.717, 1.165) is 12.8 Å². The Balaban J connectivity index is 1.76. The lowest BCUT2D eigenvalue weighted by Gasteiger charge is -2.21. The molecule has 4 aliphatic rings. The van der Waals surface area contributed by atoms with Crippen LogP contribution in [0.4, 0.5) is 0 Å². The summed E-state index contributed by atoms with van der Waals surface area (Å²) in [6.45, 7) is 0.540. The quantitative estimate of drug-likeness (QED) is 0.685. The number of likely N-dealkylation sites (tertiary alicyclic amines) is 1. The molecule has 3 fully saturated rings. The summed E-state index contributed by atoms with van der Waals surface area (Å²) in [5, 5.41) is 9.25. The van der Waals surface area contributed by atoms with E-state index in [2.05, 4.69) is 0 Å². The van der Waals surface area contributed by atoms with E-state index in [1.807, 2.05) is 11.0 Å². The molecule has 1 aliphatic carbocycles. The number of carboxylic acids is 1. The molecule has 4 rings (SSSR count). The lowest BCUT2D eigenvalue weighted by atomic mass is 9.77. The van der Waals surface area contributed by atoms with Crippen molar-refractivity contribution in [3.8, 4) is 0 Å². The molecule has 5 nitrogen and oxygen atoms in total. The highest BCUT2D eigenvalue weighted by Crippen LogP contribution is 2.53. The predicted octanol–water partition coefficient (Wildman–Crippen LogP) is 0.0154. The Hall–Kier alpha value is -1.36. The van der Waals surface area contributed by atoms with E-state index in [1.54, 1.807) is 6.08 Å². The van der Waals surface area contributed by atoms with Gasteiger partial charge in [-0.15, -0.1) is 0 Å². The zero-order chi connectivity index (χ0) is 11.8. The molecule has 1 spiro atoms. The molecule has 90 valence electrons. The maximum atomic E-state index is 12.3. The van der Waals surface area contributed by atoms with Crippen molar-refractivity contribution in [2.45, 2.75) is 30.6 Å². The predicted molar refractivity (Wildman–Crippen MR) is 56.1 cm³/mol. The van der Waals surface area contributed by atoms with Gasteiger partial charge in [-0.05, 0) is 12.8 Å². The van der Waals surface area contributed by atoms with Crippen LogP contribution in [0.5, 0.6) is 0 Å². The first-order valence-electron chi connectivity index (χ1n) is 6.03. The zero-order valence-corrected chi connectivity index (χ0v) is 9.20. The number of carbonyl (C=O) groups excluding carboxylic acids is 1. The maximum absolute atomic E-state index is 12.3. The van der Waals surface area contributed by atoms with Gasteiger partial charge in [0.05, 0.1) is 18.6 Å². The Morgan fingerprint density at radius 3 is 2.94 bits per heavy atom. The van der Waals surface area contributed by atoms with Crippen molar-refractivity contribution in [1.29, 1.82) is 0 Å². The van der Waals surface area contributed by atoms with Crippen molar-refractivity contribution in [3.05, 3.63) is 12.2 Å². The van der Waals surface area contributed by atoms with E-state index >= 15 is 0 Å². The second-order valence-electron chi connectivity index (χ2n) is 5.44. The van der Waals surface area contributed by atoms with Crippen molar-refractivity contribution in [1.82, 2.24) is 4.90 Å². The molecule has 0 radical (unpaired) electrons. The second kappa shape index (κ2) is 2.72. The van der Waals surface area contributed by atoms with Crippen LogP contribution in [0.25, 0.3) is 0 Å². The van der Waals surface area contributed by atoms with Crippen LogP contribution in [-0.4, -0.2) is 46.2 Å². The SMILES string of the molecule is O=C(O)[C@@H]1[C@H]2C(=O)N(C3CC3)C[C@@]23C=C[C@H]1O3. The number of carboxylic acid groups (broad SMARTS) is 1. The summed E-state index contributed by atoms with van der Waals surface area (Å²) in [6.07, 6.45) is 5.38. The number of aliphatic carboxylic acids is 1. The topological polar surface area (TPSA) is 66.8 Å². The van der Waals surface area contributed by atoms with Crippen molar-refractivity contribution in [2.24, 2.45) is 11.8 Å². The van der Waals surface area contributed by atoms with Crippen LogP contribution < -0.4 is 0 Å². The first-order valence-corrected chi connectivity index (χ1v) is 6.03. The van der Waals surface area contributed by atoms with Gasteiger partial charge in [0, 0.05) is 6.04 Å². The average Bonchev–Trinajstić information content (AvgIpc) is 2.89. The molecule has 0 aromatic heterocycles. The Labute approximate surface area is 98.0 Å². The van der Waals surface area contributed by atoms with Crippen LogP contribution in [0.1, 0.15) is 12.8 Å². The van der Waals surface area contributed by atoms with E-state index in [0.29, 0.717) is 12.6 Å². The third-order valence-corrected chi connectivity index (χ3v) is 4.40. The van der Waals surface area contributed by atoms with Crippen LogP contribution in [-0.2, 0) is 14.3 Å². The number of amides is 1. The molecule has 0 unspecified atom stereocenters. The Morgan fingerprint density at radius 1 is 1.53 bits per heavy atom. The van der Waals surface area contributed by atoms with Gasteiger partial charge in [0.25, 0.3) is 0 Å².